The molecule has 0 aromatic heterocycles. The Morgan fingerprint density at radius 3 is 2.55 bits per heavy atom. The van der Waals surface area contributed by atoms with Gasteiger partial charge >= 0.3 is 6.09 Å². The first-order valence-corrected chi connectivity index (χ1v) is 3.36. The molecule has 1 saturated heterocycles. The molecule has 0 unspecified atom stereocenters. The van der Waals surface area contributed by atoms with E-state index >= 15 is 0 Å². The number of aliphatic hydroxyl groups is 1. The lowest BCUT2D eigenvalue weighted by Crippen LogP contribution is -2.41. The highest BCUT2D eigenvalue weighted by molar-refractivity contribution is 5.65. The van der Waals surface area contributed by atoms with Crippen molar-refractivity contribution < 1.29 is 15.0 Å². The van der Waals surface area contributed by atoms with Gasteiger partial charge in [-0.3, -0.25) is 0 Å². The lowest BCUT2D eigenvalue weighted by Gasteiger charge is -2.27. The fourth-order valence-corrected chi connectivity index (χ4v) is 1.13. The van der Waals surface area contributed by atoms with Crippen LogP contribution in [0.1, 0.15) is 12.8 Å². The summed E-state index contributed by atoms with van der Waals surface area (Å²) >= 11 is 0. The highest BCUT2D eigenvalue weighted by atomic mass is 16.4. The van der Waals surface area contributed by atoms with Crippen LogP contribution in [0.25, 0.3) is 0 Å². The van der Waals surface area contributed by atoms with Gasteiger partial charge in [-0.1, -0.05) is 0 Å². The summed E-state index contributed by atoms with van der Waals surface area (Å²) in [6.45, 7) is 0.835. The van der Waals surface area contributed by atoms with Crippen molar-refractivity contribution in [3.05, 3.63) is 0 Å². The Kier molecular flexibility index (Phi) is 3.84. The molecule has 5 N–H and O–H groups in total. The molecule has 1 atom stereocenters. The van der Waals surface area contributed by atoms with Crippen molar-refractivity contribution in [1.82, 2.24) is 11.1 Å². The molecule has 1 amide bonds. The topological polar surface area (TPSA) is 95.8 Å². The van der Waals surface area contributed by atoms with Gasteiger partial charge in [-0.15, -0.1) is 0 Å². The highest BCUT2D eigenvalue weighted by Crippen LogP contribution is 2.08. The fraction of sp³-hybridized carbons (Fsp3) is 0.833. The van der Waals surface area contributed by atoms with Crippen LogP contribution in [0.15, 0.2) is 0 Å². The minimum atomic E-state index is -0.932. The molecule has 1 rings (SSSR count). The van der Waals surface area contributed by atoms with Gasteiger partial charge < -0.3 is 21.3 Å². The third-order valence-corrected chi connectivity index (χ3v) is 1.67. The largest absolute Gasteiger partial charge is 0.465 e. The van der Waals surface area contributed by atoms with Gasteiger partial charge in [0.25, 0.3) is 0 Å². The van der Waals surface area contributed by atoms with E-state index in [1.807, 2.05) is 0 Å². The summed E-state index contributed by atoms with van der Waals surface area (Å²) in [5, 5.41) is 17.5. The van der Waals surface area contributed by atoms with Crippen molar-refractivity contribution in [2.24, 2.45) is 0 Å². The van der Waals surface area contributed by atoms with Crippen molar-refractivity contribution in [3.63, 3.8) is 0 Å². The Balaban J connectivity index is 0.000001000. The zero-order valence-electron chi connectivity index (χ0n) is 6.36. The maximum atomic E-state index is 10.3. The number of likely N-dealkylation sites (tertiary alicyclic amines) is 1. The van der Waals surface area contributed by atoms with E-state index in [0.717, 1.165) is 12.8 Å². The Bertz CT molecular complexity index is 140. The third-order valence-electron chi connectivity index (χ3n) is 1.67. The summed E-state index contributed by atoms with van der Waals surface area (Å²) in [5.41, 5.74) is 0. The molecule has 0 aromatic carbocycles. The van der Waals surface area contributed by atoms with Gasteiger partial charge in [0.2, 0.25) is 0 Å². The maximum Gasteiger partial charge on any atom is 0.407 e. The average Bonchev–Trinajstić information content (AvgIpc) is 1.88. The number of piperidine rings is 1. The van der Waals surface area contributed by atoms with Crippen molar-refractivity contribution in [2.45, 2.75) is 18.9 Å². The summed E-state index contributed by atoms with van der Waals surface area (Å²) in [4.78, 5) is 11.6. The molecule has 0 aromatic rings. The molecule has 0 bridgehead atoms. The molecule has 0 spiro atoms. The monoisotopic (exact) mass is 162 g/mol. The Hall–Kier alpha value is -0.810. The quantitative estimate of drug-likeness (QED) is 0.476. The van der Waals surface area contributed by atoms with Crippen LogP contribution in [0.5, 0.6) is 0 Å². The van der Waals surface area contributed by atoms with E-state index in [-0.39, 0.29) is 12.7 Å². The van der Waals surface area contributed by atoms with Gasteiger partial charge in [-0.05, 0) is 12.8 Å². The summed E-state index contributed by atoms with van der Waals surface area (Å²) in [5.74, 6) is 0. The van der Waals surface area contributed by atoms with Crippen molar-refractivity contribution in [1.29, 1.82) is 0 Å². The highest BCUT2D eigenvalue weighted by Gasteiger charge is 2.20. The van der Waals surface area contributed by atoms with Gasteiger partial charge in [-0.25, -0.2) is 4.79 Å². The summed E-state index contributed by atoms with van der Waals surface area (Å²) in [6.07, 6.45) is 0.112. The predicted molar refractivity (Wildman–Crippen MR) is 39.9 cm³/mol. The predicted octanol–water partition coefficient (Wildman–Crippen LogP) is 0.283. The Morgan fingerprint density at radius 1 is 1.55 bits per heavy atom. The fourth-order valence-electron chi connectivity index (χ4n) is 1.13. The number of β-amino-alcohol motifs (C(OH)–C–C–N with tert-alkyl or cyclic N) is 1. The van der Waals surface area contributed by atoms with Crippen LogP contribution in [-0.4, -0.2) is 40.4 Å². The number of nitrogens with zero attached hydrogens (tertiary/aromatic N) is 1. The van der Waals surface area contributed by atoms with Crippen LogP contribution >= 0.6 is 0 Å². The summed E-state index contributed by atoms with van der Waals surface area (Å²) in [7, 11) is 0. The Morgan fingerprint density at radius 2 is 2.18 bits per heavy atom. The van der Waals surface area contributed by atoms with Crippen LogP contribution in [0.3, 0.4) is 0 Å². The molecule has 1 aliphatic heterocycles. The first-order valence-electron chi connectivity index (χ1n) is 3.36. The molecule has 66 valence electrons. The van der Waals surface area contributed by atoms with E-state index in [4.69, 9.17) is 10.2 Å². The zero-order valence-corrected chi connectivity index (χ0v) is 6.36. The number of hydrogen-bond acceptors (Lipinski definition) is 3. The molecule has 1 heterocycles. The summed E-state index contributed by atoms with van der Waals surface area (Å²) < 4.78 is 0. The van der Waals surface area contributed by atoms with E-state index in [0.29, 0.717) is 6.54 Å². The van der Waals surface area contributed by atoms with Crippen molar-refractivity contribution >= 4 is 6.09 Å². The molecule has 1 aliphatic rings. The van der Waals surface area contributed by atoms with Crippen LogP contribution in [-0.2, 0) is 0 Å². The Labute approximate surface area is 65.2 Å². The van der Waals surface area contributed by atoms with Crippen molar-refractivity contribution in [2.75, 3.05) is 13.1 Å². The molecule has 0 radical (unpaired) electrons. The summed E-state index contributed by atoms with van der Waals surface area (Å²) in [6, 6.07) is 0. The molecule has 5 heteroatoms. The second-order valence-electron chi connectivity index (χ2n) is 2.52. The van der Waals surface area contributed by atoms with Crippen LogP contribution in [0.4, 0.5) is 4.79 Å². The minimum absolute atomic E-state index is 0. The van der Waals surface area contributed by atoms with Gasteiger partial charge in [0, 0.05) is 13.1 Å². The zero-order chi connectivity index (χ0) is 7.56. The lowest BCUT2D eigenvalue weighted by molar-refractivity contribution is 0.0660. The van der Waals surface area contributed by atoms with E-state index in [2.05, 4.69) is 0 Å². The third kappa shape index (κ3) is 2.73. The van der Waals surface area contributed by atoms with Gasteiger partial charge in [0.1, 0.15) is 0 Å². The van der Waals surface area contributed by atoms with Crippen molar-refractivity contribution in [3.8, 4) is 0 Å². The van der Waals surface area contributed by atoms with Crippen LogP contribution < -0.4 is 6.15 Å². The first kappa shape index (κ1) is 10.2. The number of rotatable bonds is 0. The van der Waals surface area contributed by atoms with E-state index in [1.54, 1.807) is 0 Å². The normalized spacial score (nSPS) is 24.1. The number of amides is 1. The SMILES string of the molecule is N.O=C(O)N1CCC[C@H](O)C1. The van der Waals surface area contributed by atoms with Gasteiger partial charge in [0.15, 0.2) is 0 Å². The minimum Gasteiger partial charge on any atom is -0.465 e. The number of aliphatic hydroxyl groups excluding tert-OH is 1. The smallest absolute Gasteiger partial charge is 0.407 e. The molecule has 0 saturated carbocycles. The van der Waals surface area contributed by atoms with Crippen LogP contribution in [0.2, 0.25) is 0 Å². The number of hydrogen-bond donors (Lipinski definition) is 3. The maximum absolute atomic E-state index is 10.3. The second kappa shape index (κ2) is 4.15. The van der Waals surface area contributed by atoms with Gasteiger partial charge in [0.05, 0.1) is 6.10 Å². The molecule has 0 aliphatic carbocycles. The second-order valence-corrected chi connectivity index (χ2v) is 2.52. The number of carbonyl (C=O) groups is 1. The first-order chi connectivity index (χ1) is 4.70. The molecule has 1 fully saturated rings. The molecular weight excluding hydrogens is 148 g/mol. The lowest BCUT2D eigenvalue weighted by atomic mass is 10.1. The molecule has 5 nitrogen and oxygen atoms in total. The standard InChI is InChI=1S/C6H11NO3.H3N/c8-5-2-1-3-7(4-5)6(9)10;/h5,8H,1-4H2,(H,9,10);1H3/t5-;/m0./s1. The number of carboxylic acid groups (broad SMARTS) is 1. The molecular formula is C6H14N2O3. The van der Waals surface area contributed by atoms with E-state index in [1.165, 1.54) is 4.90 Å². The average molecular weight is 162 g/mol. The van der Waals surface area contributed by atoms with E-state index in [9.17, 15) is 4.79 Å². The van der Waals surface area contributed by atoms with Gasteiger partial charge in [-0.2, -0.15) is 0 Å². The molecule has 11 heavy (non-hydrogen) atoms. The van der Waals surface area contributed by atoms with Crippen LogP contribution in [0, 0.1) is 0 Å². The van der Waals surface area contributed by atoms with E-state index < -0.39 is 12.2 Å².